The first-order valence-corrected chi connectivity index (χ1v) is 7.58. The van der Waals surface area contributed by atoms with Crippen LogP contribution in [0.2, 0.25) is 0 Å². The zero-order valence-electron chi connectivity index (χ0n) is 12.5. The molecule has 0 aliphatic heterocycles. The van der Waals surface area contributed by atoms with E-state index in [1.165, 1.54) is 0 Å². The molecule has 0 bridgehead atoms. The molecule has 0 aromatic carbocycles. The first kappa shape index (κ1) is 18.7. The quantitative estimate of drug-likeness (QED) is 0.574. The van der Waals surface area contributed by atoms with Crippen molar-refractivity contribution in [2.24, 2.45) is 17.8 Å². The van der Waals surface area contributed by atoms with Crippen LogP contribution in [0.3, 0.4) is 0 Å². The summed E-state index contributed by atoms with van der Waals surface area (Å²) in [6.07, 6.45) is -1.32. The number of hydrogen-bond donors (Lipinski definition) is 0. The van der Waals surface area contributed by atoms with Crippen LogP contribution >= 0.6 is 0 Å². The van der Waals surface area contributed by atoms with Gasteiger partial charge in [0.05, 0.1) is 0 Å². The Kier molecular flexibility index (Phi) is 9.98. The summed E-state index contributed by atoms with van der Waals surface area (Å²) in [5.41, 5.74) is 0. The predicted octanol–water partition coefficient (Wildman–Crippen LogP) is 3.09. The number of hydrogen-bond acceptors (Lipinski definition) is 4. The molecule has 0 unspecified atom stereocenters. The second-order valence-corrected chi connectivity index (χ2v) is 6.22. The minimum absolute atomic E-state index is 0.403. The summed E-state index contributed by atoms with van der Waals surface area (Å²) < 4.78 is 22.5. The van der Waals surface area contributed by atoms with Crippen LogP contribution in [0.5, 0.6) is 0 Å². The molecular formula is C13H27O4Zr. The Morgan fingerprint density at radius 1 is 0.722 bits per heavy atom. The van der Waals surface area contributed by atoms with Crippen molar-refractivity contribution in [2.75, 3.05) is 19.8 Å². The van der Waals surface area contributed by atoms with Gasteiger partial charge >= 0.3 is 127 Å². The van der Waals surface area contributed by atoms with E-state index in [0.29, 0.717) is 37.6 Å². The molecule has 0 aromatic rings. The zero-order chi connectivity index (χ0) is 14.2. The van der Waals surface area contributed by atoms with E-state index in [-0.39, 0.29) is 0 Å². The van der Waals surface area contributed by atoms with Crippen LogP contribution in [-0.2, 0) is 42.2 Å². The third-order valence-electron chi connectivity index (χ3n) is 1.91. The van der Waals surface area contributed by atoms with Gasteiger partial charge in [0.15, 0.2) is 0 Å². The molecule has 0 atom stereocenters. The maximum absolute atomic E-state index is 5.70. The van der Waals surface area contributed by atoms with E-state index >= 15 is 0 Å². The fourth-order valence-electron chi connectivity index (χ4n) is 1.02. The van der Waals surface area contributed by atoms with Crippen LogP contribution in [0, 0.1) is 17.8 Å². The average Bonchev–Trinajstić information content (AvgIpc) is 2.28. The summed E-state index contributed by atoms with van der Waals surface area (Å²) in [4.78, 5) is 0. The van der Waals surface area contributed by atoms with Crippen LogP contribution in [0.4, 0.5) is 0 Å². The summed E-state index contributed by atoms with van der Waals surface area (Å²) in [6, 6.07) is 0. The van der Waals surface area contributed by atoms with Crippen molar-refractivity contribution in [2.45, 2.75) is 47.7 Å². The average molecular weight is 339 g/mol. The first-order chi connectivity index (χ1) is 8.31. The Labute approximate surface area is 127 Å². The van der Waals surface area contributed by atoms with Crippen LogP contribution in [0.15, 0.2) is 0 Å². The molecule has 0 aromatic heterocycles. The van der Waals surface area contributed by atoms with Gasteiger partial charge in [-0.05, 0) is 0 Å². The van der Waals surface area contributed by atoms with E-state index in [9.17, 15) is 0 Å². The molecule has 0 rings (SSSR count). The number of rotatable bonds is 10. The molecule has 0 N–H and O–H groups in total. The molecule has 0 saturated carbocycles. The minimum atomic E-state index is -1.32. The van der Waals surface area contributed by atoms with Gasteiger partial charge in [0.25, 0.3) is 0 Å². The molecule has 0 aliphatic carbocycles. The van der Waals surface area contributed by atoms with Gasteiger partial charge < -0.3 is 0 Å². The standard InChI is InChI=1S/C13H27O4.Zr/c1-10(2)7-15-13(14,16-8-11(3)4)17-9-12(5)6;/h10-12H,7-9H2,1-6H3;/q-1;+1. The van der Waals surface area contributed by atoms with Crippen LogP contribution in [-0.4, -0.2) is 26.0 Å². The summed E-state index contributed by atoms with van der Waals surface area (Å²) in [7, 11) is 0. The molecule has 4 nitrogen and oxygen atoms in total. The van der Waals surface area contributed by atoms with Crippen molar-refractivity contribution >= 4 is 0 Å². The van der Waals surface area contributed by atoms with Crippen molar-refractivity contribution < 1.29 is 42.2 Å². The second-order valence-electron chi connectivity index (χ2n) is 5.72. The van der Waals surface area contributed by atoms with Crippen molar-refractivity contribution in [1.82, 2.24) is 0 Å². The Hall–Kier alpha value is 0.723. The van der Waals surface area contributed by atoms with E-state index < -0.39 is 6.16 Å². The summed E-state index contributed by atoms with van der Waals surface area (Å²) in [5.74, 6) is 1.21. The maximum atomic E-state index is 5.70. The molecule has 0 aliphatic rings. The molecule has 5 heteroatoms. The number of ether oxygens (including phenoxy) is 3. The molecular weight excluding hydrogens is 311 g/mol. The SMILES string of the molecule is CC(C)COC([O][Zr])(OCC(C)C)OCC(C)C. The Morgan fingerprint density at radius 2 is 1.00 bits per heavy atom. The molecule has 18 heavy (non-hydrogen) atoms. The Bertz CT molecular complexity index is 176. The summed E-state index contributed by atoms with van der Waals surface area (Å²) in [6.45, 7) is 14.1. The zero-order valence-corrected chi connectivity index (χ0v) is 14.9. The van der Waals surface area contributed by atoms with Crippen LogP contribution in [0.1, 0.15) is 41.5 Å². The third kappa shape index (κ3) is 8.76. The van der Waals surface area contributed by atoms with Crippen molar-refractivity contribution in [3.05, 3.63) is 0 Å². The normalized spacial score (nSPS) is 12.9. The van der Waals surface area contributed by atoms with Gasteiger partial charge in [-0.2, -0.15) is 0 Å². The Morgan fingerprint density at radius 3 is 1.17 bits per heavy atom. The van der Waals surface area contributed by atoms with Gasteiger partial charge in [-0.25, -0.2) is 0 Å². The Balaban J connectivity index is 4.49. The van der Waals surface area contributed by atoms with E-state index in [1.54, 1.807) is 0 Å². The van der Waals surface area contributed by atoms with E-state index in [2.05, 4.69) is 41.5 Å². The second kappa shape index (κ2) is 9.60. The predicted molar refractivity (Wildman–Crippen MR) is 66.2 cm³/mol. The van der Waals surface area contributed by atoms with Gasteiger partial charge in [-0.1, -0.05) is 0 Å². The molecule has 0 amide bonds. The van der Waals surface area contributed by atoms with Gasteiger partial charge in [0, 0.05) is 0 Å². The topological polar surface area (TPSA) is 36.9 Å². The van der Waals surface area contributed by atoms with Gasteiger partial charge in [-0.3, -0.25) is 0 Å². The van der Waals surface area contributed by atoms with Crippen LogP contribution in [0.25, 0.3) is 0 Å². The molecule has 0 fully saturated rings. The van der Waals surface area contributed by atoms with Crippen molar-refractivity contribution in [3.63, 3.8) is 0 Å². The van der Waals surface area contributed by atoms with Crippen LogP contribution < -0.4 is 0 Å². The fraction of sp³-hybridized carbons (Fsp3) is 1.00. The molecule has 0 saturated heterocycles. The fourth-order valence-corrected chi connectivity index (χ4v) is 1.45. The third-order valence-corrected chi connectivity index (χ3v) is 2.52. The molecule has 0 spiro atoms. The van der Waals surface area contributed by atoms with Gasteiger partial charge in [-0.15, -0.1) is 0 Å². The molecule has 0 heterocycles. The van der Waals surface area contributed by atoms with Crippen molar-refractivity contribution in [1.29, 1.82) is 0 Å². The summed E-state index contributed by atoms with van der Waals surface area (Å²) in [5, 5.41) is 0. The monoisotopic (exact) mass is 337 g/mol. The summed E-state index contributed by atoms with van der Waals surface area (Å²) >= 11 is 0.868. The van der Waals surface area contributed by atoms with Gasteiger partial charge in [0.2, 0.25) is 0 Å². The van der Waals surface area contributed by atoms with Crippen molar-refractivity contribution in [3.8, 4) is 0 Å². The van der Waals surface area contributed by atoms with Gasteiger partial charge in [0.1, 0.15) is 0 Å². The van der Waals surface area contributed by atoms with E-state index in [0.717, 1.165) is 25.2 Å². The van der Waals surface area contributed by atoms with E-state index in [4.69, 9.17) is 17.0 Å². The van der Waals surface area contributed by atoms with E-state index in [1.807, 2.05) is 0 Å². The first-order valence-electron chi connectivity index (χ1n) is 6.58. The molecule has 0 radical (unpaired) electrons. The molecule has 107 valence electrons.